The second kappa shape index (κ2) is 7.66. The van der Waals surface area contributed by atoms with Gasteiger partial charge in [0.25, 0.3) is 0 Å². The Morgan fingerprint density at radius 1 is 0.960 bits per heavy atom. The van der Waals surface area contributed by atoms with Crippen molar-refractivity contribution in [2.24, 2.45) is 0 Å². The number of benzene rings is 2. The van der Waals surface area contributed by atoms with E-state index in [2.05, 4.69) is 68.6 Å². The Hall–Kier alpha value is -2.40. The fourth-order valence-electron chi connectivity index (χ4n) is 2.63. The smallest absolute Gasteiger partial charge is 0.229 e. The van der Waals surface area contributed by atoms with Crippen LogP contribution in [0.15, 0.2) is 59.1 Å². The first kappa shape index (κ1) is 17.4. The highest BCUT2D eigenvalue weighted by Gasteiger charge is 2.09. The Kier molecular flexibility index (Phi) is 5.34. The molecule has 1 heterocycles. The average molecular weight is 397 g/mol. The summed E-state index contributed by atoms with van der Waals surface area (Å²) in [4.78, 5) is 9.11. The standard InChI is InChI=1S/C20H21BrN4/c1-13-11-17(21)9-10-18(13)24-20-22-14(2)12-19(25-20)23-15(3)16-7-5-4-6-8-16/h4-12,15H,1-3H3,(H2,22,23,24,25). The summed E-state index contributed by atoms with van der Waals surface area (Å²) < 4.78 is 1.06. The molecule has 5 heteroatoms. The molecule has 2 aromatic carbocycles. The minimum Gasteiger partial charge on any atom is -0.363 e. The lowest BCUT2D eigenvalue weighted by Crippen LogP contribution is -2.10. The van der Waals surface area contributed by atoms with Gasteiger partial charge in [0.2, 0.25) is 5.95 Å². The van der Waals surface area contributed by atoms with Crippen molar-refractivity contribution in [2.45, 2.75) is 26.8 Å². The molecule has 0 aliphatic rings. The maximum atomic E-state index is 4.61. The first-order chi connectivity index (χ1) is 12.0. The van der Waals surface area contributed by atoms with E-state index in [1.165, 1.54) is 5.56 Å². The zero-order valence-electron chi connectivity index (χ0n) is 14.5. The van der Waals surface area contributed by atoms with Gasteiger partial charge < -0.3 is 10.6 Å². The summed E-state index contributed by atoms with van der Waals surface area (Å²) in [6.07, 6.45) is 0. The molecule has 1 aromatic heterocycles. The zero-order chi connectivity index (χ0) is 17.8. The van der Waals surface area contributed by atoms with Crippen molar-refractivity contribution >= 4 is 33.4 Å². The van der Waals surface area contributed by atoms with E-state index in [-0.39, 0.29) is 6.04 Å². The summed E-state index contributed by atoms with van der Waals surface area (Å²) in [6.45, 7) is 6.15. The molecule has 0 saturated carbocycles. The minimum atomic E-state index is 0.165. The molecule has 4 nitrogen and oxygen atoms in total. The Morgan fingerprint density at radius 3 is 2.44 bits per heavy atom. The number of aryl methyl sites for hydroxylation is 2. The molecule has 128 valence electrons. The van der Waals surface area contributed by atoms with Crippen LogP contribution in [0.2, 0.25) is 0 Å². The van der Waals surface area contributed by atoms with Gasteiger partial charge in [-0.15, -0.1) is 0 Å². The van der Waals surface area contributed by atoms with Crippen LogP contribution in [-0.2, 0) is 0 Å². The van der Waals surface area contributed by atoms with Gasteiger partial charge in [0, 0.05) is 28.0 Å². The van der Waals surface area contributed by atoms with Gasteiger partial charge >= 0.3 is 0 Å². The van der Waals surface area contributed by atoms with Gasteiger partial charge in [-0.3, -0.25) is 0 Å². The monoisotopic (exact) mass is 396 g/mol. The van der Waals surface area contributed by atoms with Gasteiger partial charge in [0.15, 0.2) is 0 Å². The molecule has 0 radical (unpaired) electrons. The van der Waals surface area contributed by atoms with Crippen molar-refractivity contribution in [3.05, 3.63) is 75.9 Å². The third-order valence-electron chi connectivity index (χ3n) is 3.95. The molecule has 0 bridgehead atoms. The van der Waals surface area contributed by atoms with E-state index in [9.17, 15) is 0 Å². The fraction of sp³-hybridized carbons (Fsp3) is 0.200. The summed E-state index contributed by atoms with van der Waals surface area (Å²) in [5, 5.41) is 6.76. The maximum Gasteiger partial charge on any atom is 0.229 e. The molecule has 1 atom stereocenters. The molecule has 0 spiro atoms. The lowest BCUT2D eigenvalue weighted by molar-refractivity contribution is 0.871. The van der Waals surface area contributed by atoms with E-state index in [1.54, 1.807) is 0 Å². The van der Waals surface area contributed by atoms with Crippen molar-refractivity contribution in [3.8, 4) is 0 Å². The fourth-order valence-corrected chi connectivity index (χ4v) is 3.11. The number of hydrogen-bond acceptors (Lipinski definition) is 4. The van der Waals surface area contributed by atoms with Crippen LogP contribution >= 0.6 is 15.9 Å². The van der Waals surface area contributed by atoms with Gasteiger partial charge in [-0.1, -0.05) is 46.3 Å². The van der Waals surface area contributed by atoms with E-state index >= 15 is 0 Å². The topological polar surface area (TPSA) is 49.8 Å². The van der Waals surface area contributed by atoms with Crippen molar-refractivity contribution in [1.29, 1.82) is 0 Å². The Balaban J connectivity index is 1.80. The molecule has 3 rings (SSSR count). The largest absolute Gasteiger partial charge is 0.363 e. The van der Waals surface area contributed by atoms with Crippen LogP contribution in [0, 0.1) is 13.8 Å². The van der Waals surface area contributed by atoms with Crippen LogP contribution in [-0.4, -0.2) is 9.97 Å². The van der Waals surface area contributed by atoms with E-state index in [1.807, 2.05) is 43.3 Å². The van der Waals surface area contributed by atoms with Crippen LogP contribution < -0.4 is 10.6 Å². The second-order valence-corrected chi connectivity index (χ2v) is 6.99. The lowest BCUT2D eigenvalue weighted by Gasteiger charge is -2.16. The summed E-state index contributed by atoms with van der Waals surface area (Å²) in [5.74, 6) is 1.40. The number of rotatable bonds is 5. The van der Waals surface area contributed by atoms with Gasteiger partial charge in [-0.2, -0.15) is 4.98 Å². The number of hydrogen-bond donors (Lipinski definition) is 2. The minimum absolute atomic E-state index is 0.165. The molecular formula is C20H21BrN4. The predicted molar refractivity (Wildman–Crippen MR) is 107 cm³/mol. The van der Waals surface area contributed by atoms with Gasteiger partial charge in [0.1, 0.15) is 5.82 Å². The van der Waals surface area contributed by atoms with Gasteiger partial charge in [-0.25, -0.2) is 4.98 Å². The molecule has 0 saturated heterocycles. The van der Waals surface area contributed by atoms with Crippen molar-refractivity contribution in [2.75, 3.05) is 10.6 Å². The van der Waals surface area contributed by atoms with E-state index in [4.69, 9.17) is 0 Å². The van der Waals surface area contributed by atoms with Crippen LogP contribution in [0.3, 0.4) is 0 Å². The third kappa shape index (κ3) is 4.57. The Labute approximate surface area is 156 Å². The number of halogens is 1. The first-order valence-corrected chi connectivity index (χ1v) is 9.01. The summed E-state index contributed by atoms with van der Waals surface area (Å²) in [7, 11) is 0. The maximum absolute atomic E-state index is 4.61. The molecular weight excluding hydrogens is 376 g/mol. The summed E-state index contributed by atoms with van der Waals surface area (Å²) in [6, 6.07) is 18.5. The molecule has 25 heavy (non-hydrogen) atoms. The predicted octanol–water partition coefficient (Wildman–Crippen LogP) is 5.77. The van der Waals surface area contributed by atoms with E-state index in [0.717, 1.165) is 27.2 Å². The number of nitrogens with zero attached hydrogens (tertiary/aromatic N) is 2. The molecule has 1 unspecified atom stereocenters. The number of nitrogens with one attached hydrogen (secondary N) is 2. The van der Waals surface area contributed by atoms with Crippen molar-refractivity contribution in [3.63, 3.8) is 0 Å². The third-order valence-corrected chi connectivity index (χ3v) is 4.45. The first-order valence-electron chi connectivity index (χ1n) is 8.21. The number of anilines is 3. The van der Waals surface area contributed by atoms with Crippen molar-refractivity contribution < 1.29 is 0 Å². The van der Waals surface area contributed by atoms with E-state index in [0.29, 0.717) is 5.95 Å². The van der Waals surface area contributed by atoms with Gasteiger partial charge in [-0.05, 0) is 50.1 Å². The van der Waals surface area contributed by atoms with Crippen LogP contribution in [0.1, 0.15) is 29.8 Å². The Bertz CT molecular complexity index is 865. The highest BCUT2D eigenvalue weighted by molar-refractivity contribution is 9.10. The molecule has 0 aliphatic carbocycles. The highest BCUT2D eigenvalue weighted by atomic mass is 79.9. The van der Waals surface area contributed by atoms with Crippen LogP contribution in [0.4, 0.5) is 17.5 Å². The quantitative estimate of drug-likeness (QED) is 0.574. The highest BCUT2D eigenvalue weighted by Crippen LogP contribution is 2.24. The molecule has 0 amide bonds. The summed E-state index contributed by atoms with van der Waals surface area (Å²) in [5.41, 5.74) is 4.26. The van der Waals surface area contributed by atoms with E-state index < -0.39 is 0 Å². The Morgan fingerprint density at radius 2 is 1.72 bits per heavy atom. The zero-order valence-corrected chi connectivity index (χ0v) is 16.1. The van der Waals surface area contributed by atoms with Crippen molar-refractivity contribution in [1.82, 2.24) is 9.97 Å². The normalized spacial score (nSPS) is 11.8. The molecule has 2 N–H and O–H groups in total. The molecule has 0 aliphatic heterocycles. The average Bonchev–Trinajstić information content (AvgIpc) is 2.58. The number of aromatic nitrogens is 2. The molecule has 3 aromatic rings. The summed E-state index contributed by atoms with van der Waals surface area (Å²) >= 11 is 3.49. The van der Waals surface area contributed by atoms with Crippen LogP contribution in [0.5, 0.6) is 0 Å². The van der Waals surface area contributed by atoms with Crippen LogP contribution in [0.25, 0.3) is 0 Å². The lowest BCUT2D eigenvalue weighted by atomic mass is 10.1. The SMILES string of the molecule is Cc1cc(NC(C)c2ccccc2)nc(Nc2ccc(Br)cc2C)n1. The van der Waals surface area contributed by atoms with Gasteiger partial charge in [0.05, 0.1) is 0 Å². The second-order valence-electron chi connectivity index (χ2n) is 6.08. The molecule has 0 fully saturated rings.